The van der Waals surface area contributed by atoms with Gasteiger partial charge in [0.2, 0.25) is 5.95 Å². The van der Waals surface area contributed by atoms with E-state index >= 15 is 0 Å². The predicted molar refractivity (Wildman–Crippen MR) is 93.1 cm³/mol. The monoisotopic (exact) mass is 412 g/mol. The first kappa shape index (κ1) is 16.6. The van der Waals surface area contributed by atoms with Gasteiger partial charge in [0.25, 0.3) is 0 Å². The molecule has 4 rings (SSSR count). The van der Waals surface area contributed by atoms with E-state index < -0.39 is 11.7 Å². The summed E-state index contributed by atoms with van der Waals surface area (Å²) in [5.74, 6) is 1.48. The quantitative estimate of drug-likeness (QED) is 0.684. The molecule has 0 spiro atoms. The molecule has 132 valence electrons. The van der Waals surface area contributed by atoms with E-state index in [0.29, 0.717) is 29.4 Å². The number of nitrogens with one attached hydrogen (secondary N) is 2. The van der Waals surface area contributed by atoms with Gasteiger partial charge in [-0.1, -0.05) is 15.9 Å². The zero-order valence-corrected chi connectivity index (χ0v) is 14.8. The van der Waals surface area contributed by atoms with Crippen LogP contribution in [0.25, 0.3) is 0 Å². The van der Waals surface area contributed by atoms with E-state index in [1.54, 1.807) is 6.07 Å². The van der Waals surface area contributed by atoms with E-state index in [2.05, 4.69) is 36.5 Å². The summed E-state index contributed by atoms with van der Waals surface area (Å²) in [6.45, 7) is 0. The Hall–Kier alpha value is -1.83. The SMILES string of the molecule is FC(F)(F)c1cc(Nc2cc(C3CC3)nc(NC3CC3)n2)ccc1Br. The number of hydrogen-bond donors (Lipinski definition) is 2. The minimum atomic E-state index is -4.42. The molecule has 0 amide bonds. The van der Waals surface area contributed by atoms with Gasteiger partial charge in [-0.2, -0.15) is 18.2 Å². The molecule has 2 N–H and O–H groups in total. The van der Waals surface area contributed by atoms with Crippen LogP contribution in [0, 0.1) is 0 Å². The van der Waals surface area contributed by atoms with Crippen molar-refractivity contribution in [2.45, 2.75) is 43.8 Å². The van der Waals surface area contributed by atoms with Crippen molar-refractivity contribution < 1.29 is 13.2 Å². The third-order valence-corrected chi connectivity index (χ3v) is 4.89. The molecule has 8 heteroatoms. The fourth-order valence-corrected chi connectivity index (χ4v) is 3.03. The van der Waals surface area contributed by atoms with Crippen LogP contribution in [0.4, 0.5) is 30.6 Å². The number of hydrogen-bond acceptors (Lipinski definition) is 4. The van der Waals surface area contributed by atoms with Crippen molar-refractivity contribution in [3.63, 3.8) is 0 Å². The Morgan fingerprint density at radius 2 is 1.80 bits per heavy atom. The van der Waals surface area contributed by atoms with E-state index in [9.17, 15) is 13.2 Å². The second kappa shape index (κ2) is 6.16. The number of aromatic nitrogens is 2. The van der Waals surface area contributed by atoms with Gasteiger partial charge in [0.05, 0.1) is 11.3 Å². The van der Waals surface area contributed by atoms with Crippen molar-refractivity contribution in [2.24, 2.45) is 0 Å². The van der Waals surface area contributed by atoms with Crippen LogP contribution in [0.15, 0.2) is 28.7 Å². The molecule has 0 unspecified atom stereocenters. The molecule has 1 aromatic heterocycles. The minimum Gasteiger partial charge on any atom is -0.351 e. The van der Waals surface area contributed by atoms with Gasteiger partial charge in [-0.25, -0.2) is 4.98 Å². The van der Waals surface area contributed by atoms with Crippen molar-refractivity contribution in [3.05, 3.63) is 40.0 Å². The summed E-state index contributed by atoms with van der Waals surface area (Å²) >= 11 is 2.95. The number of nitrogens with zero attached hydrogens (tertiary/aromatic N) is 2. The predicted octanol–water partition coefficient (Wildman–Crippen LogP) is 5.45. The zero-order chi connectivity index (χ0) is 17.6. The van der Waals surface area contributed by atoms with Gasteiger partial charge in [-0.3, -0.25) is 0 Å². The van der Waals surface area contributed by atoms with Gasteiger partial charge in [0, 0.05) is 28.2 Å². The van der Waals surface area contributed by atoms with Crippen molar-refractivity contribution in [3.8, 4) is 0 Å². The summed E-state index contributed by atoms with van der Waals surface area (Å²) in [6, 6.07) is 6.29. The molecule has 2 aromatic rings. The van der Waals surface area contributed by atoms with E-state index in [0.717, 1.165) is 37.4 Å². The number of alkyl halides is 3. The number of benzene rings is 1. The molecule has 0 atom stereocenters. The molecule has 2 fully saturated rings. The Morgan fingerprint density at radius 3 is 2.44 bits per heavy atom. The van der Waals surface area contributed by atoms with Crippen molar-refractivity contribution >= 4 is 33.4 Å². The van der Waals surface area contributed by atoms with Crippen molar-refractivity contribution in [1.82, 2.24) is 9.97 Å². The average Bonchev–Trinajstić information content (AvgIpc) is 3.42. The molecule has 2 aliphatic carbocycles. The summed E-state index contributed by atoms with van der Waals surface area (Å²) in [6.07, 6.45) is -0.0332. The molecule has 0 saturated heterocycles. The van der Waals surface area contributed by atoms with Gasteiger partial charge in [-0.15, -0.1) is 0 Å². The molecule has 25 heavy (non-hydrogen) atoms. The lowest BCUT2D eigenvalue weighted by Gasteiger charge is -2.14. The largest absolute Gasteiger partial charge is 0.417 e. The highest BCUT2D eigenvalue weighted by atomic mass is 79.9. The maximum Gasteiger partial charge on any atom is 0.417 e. The Bertz CT molecular complexity index is 801. The van der Waals surface area contributed by atoms with Crippen LogP contribution in [-0.2, 0) is 6.18 Å². The summed E-state index contributed by atoms with van der Waals surface area (Å²) in [5.41, 5.74) is 0.562. The topological polar surface area (TPSA) is 49.8 Å². The number of rotatable bonds is 5. The second-order valence-corrected chi connectivity index (χ2v) is 7.37. The standard InChI is InChI=1S/C17H16BrF3N4/c18-13-6-5-11(7-12(13)17(19,20)21)22-15-8-14(9-1-2-9)24-16(25-15)23-10-3-4-10/h5-10H,1-4H2,(H2,22,23,24,25). The van der Waals surface area contributed by atoms with Gasteiger partial charge >= 0.3 is 6.18 Å². The van der Waals surface area contributed by atoms with Crippen LogP contribution in [-0.4, -0.2) is 16.0 Å². The maximum atomic E-state index is 13.1. The first-order chi connectivity index (χ1) is 11.9. The zero-order valence-electron chi connectivity index (χ0n) is 13.2. The maximum absolute atomic E-state index is 13.1. The van der Waals surface area contributed by atoms with Crippen LogP contribution >= 0.6 is 15.9 Å². The van der Waals surface area contributed by atoms with E-state index in [1.165, 1.54) is 6.07 Å². The molecule has 1 aromatic carbocycles. The lowest BCUT2D eigenvalue weighted by molar-refractivity contribution is -0.138. The minimum absolute atomic E-state index is 0.0167. The lowest BCUT2D eigenvalue weighted by Crippen LogP contribution is -2.09. The Balaban J connectivity index is 1.62. The highest BCUT2D eigenvalue weighted by molar-refractivity contribution is 9.10. The molecule has 2 aliphatic rings. The summed E-state index contributed by atoms with van der Waals surface area (Å²) in [7, 11) is 0. The highest BCUT2D eigenvalue weighted by Gasteiger charge is 2.33. The molecule has 1 heterocycles. The highest BCUT2D eigenvalue weighted by Crippen LogP contribution is 2.41. The number of anilines is 3. The second-order valence-electron chi connectivity index (χ2n) is 6.51. The normalized spacial score (nSPS) is 17.4. The molecular weight excluding hydrogens is 397 g/mol. The summed E-state index contributed by atoms with van der Waals surface area (Å²) in [5, 5.41) is 6.25. The van der Waals surface area contributed by atoms with Gasteiger partial charge in [0.1, 0.15) is 5.82 Å². The van der Waals surface area contributed by atoms with E-state index in [4.69, 9.17) is 0 Å². The van der Waals surface area contributed by atoms with Crippen LogP contribution < -0.4 is 10.6 Å². The van der Waals surface area contributed by atoms with Crippen LogP contribution in [0.5, 0.6) is 0 Å². The van der Waals surface area contributed by atoms with E-state index in [-0.39, 0.29) is 4.47 Å². The van der Waals surface area contributed by atoms with Crippen molar-refractivity contribution in [1.29, 1.82) is 0 Å². The third-order valence-electron chi connectivity index (χ3n) is 4.20. The van der Waals surface area contributed by atoms with Gasteiger partial charge < -0.3 is 10.6 Å². The fourth-order valence-electron chi connectivity index (χ4n) is 2.56. The lowest BCUT2D eigenvalue weighted by atomic mass is 10.2. The molecule has 2 saturated carbocycles. The Labute approximate surface area is 151 Å². The molecule has 0 radical (unpaired) electrons. The molecule has 0 bridgehead atoms. The van der Waals surface area contributed by atoms with E-state index in [1.807, 2.05) is 6.07 Å². The van der Waals surface area contributed by atoms with Crippen LogP contribution in [0.3, 0.4) is 0 Å². The van der Waals surface area contributed by atoms with Crippen LogP contribution in [0.2, 0.25) is 0 Å². The van der Waals surface area contributed by atoms with Crippen LogP contribution in [0.1, 0.15) is 42.9 Å². The molecule has 0 aliphatic heterocycles. The van der Waals surface area contributed by atoms with Gasteiger partial charge in [0.15, 0.2) is 0 Å². The smallest absolute Gasteiger partial charge is 0.351 e. The summed E-state index contributed by atoms with van der Waals surface area (Å²) in [4.78, 5) is 8.95. The first-order valence-electron chi connectivity index (χ1n) is 8.18. The number of halogens is 4. The molecule has 4 nitrogen and oxygen atoms in total. The Morgan fingerprint density at radius 1 is 1.04 bits per heavy atom. The Kier molecular flexibility index (Phi) is 4.10. The fraction of sp³-hybridized carbons (Fsp3) is 0.412. The van der Waals surface area contributed by atoms with Crippen molar-refractivity contribution in [2.75, 3.05) is 10.6 Å². The average molecular weight is 413 g/mol. The summed E-state index contributed by atoms with van der Waals surface area (Å²) < 4.78 is 39.2. The molecular formula is C17H16BrF3N4. The van der Waals surface area contributed by atoms with Gasteiger partial charge in [-0.05, 0) is 43.9 Å². The first-order valence-corrected chi connectivity index (χ1v) is 8.97. The third kappa shape index (κ3) is 4.05.